The lowest BCUT2D eigenvalue weighted by molar-refractivity contribution is -0.139. The molecule has 0 radical (unpaired) electrons. The smallest absolute Gasteiger partial charge is 0.355 e. The molecule has 12 heteroatoms. The van der Waals surface area contributed by atoms with E-state index in [2.05, 4.69) is 15.3 Å². The first-order chi connectivity index (χ1) is 19.4. The van der Waals surface area contributed by atoms with Crippen molar-refractivity contribution in [2.75, 3.05) is 37.7 Å². The van der Waals surface area contributed by atoms with Crippen LogP contribution in [0.25, 0.3) is 10.9 Å². The van der Waals surface area contributed by atoms with Crippen molar-refractivity contribution in [3.8, 4) is 5.75 Å². The lowest BCUT2D eigenvalue weighted by Crippen LogP contribution is -2.28. The zero-order valence-corrected chi connectivity index (χ0v) is 22.3. The molecule has 5 rings (SSSR count). The average Bonchev–Trinajstić information content (AvgIpc) is 3.37. The molecular weight excluding hydrogens is 543 g/mol. The summed E-state index contributed by atoms with van der Waals surface area (Å²) in [6, 6.07) is 7.64. The molecule has 206 valence electrons. The molecule has 0 spiro atoms. The van der Waals surface area contributed by atoms with E-state index in [0.29, 0.717) is 53.5 Å². The molecule has 10 nitrogen and oxygen atoms in total. The molecule has 0 aliphatic carbocycles. The van der Waals surface area contributed by atoms with Crippen LogP contribution in [0.4, 0.5) is 21.6 Å². The van der Waals surface area contributed by atoms with Crippen LogP contribution in [0, 0.1) is 5.82 Å². The van der Waals surface area contributed by atoms with Gasteiger partial charge in [0.2, 0.25) is 0 Å². The zero-order chi connectivity index (χ0) is 28.2. The number of esters is 2. The van der Waals surface area contributed by atoms with Crippen LogP contribution < -0.4 is 15.0 Å². The van der Waals surface area contributed by atoms with Crippen molar-refractivity contribution in [2.45, 2.75) is 12.5 Å². The number of halogens is 2. The molecule has 2 aromatic carbocycles. The number of hydrogen-bond donors (Lipinski definition) is 1. The minimum atomic E-state index is -0.768. The molecule has 2 aliphatic rings. The van der Waals surface area contributed by atoms with Crippen molar-refractivity contribution in [1.29, 1.82) is 0 Å². The molecule has 0 amide bonds. The topological polar surface area (TPSA) is 112 Å². The number of methoxy groups -OCH3 is 2. The van der Waals surface area contributed by atoms with Gasteiger partial charge < -0.3 is 29.2 Å². The quantitative estimate of drug-likeness (QED) is 0.399. The van der Waals surface area contributed by atoms with Gasteiger partial charge in [0.1, 0.15) is 35.5 Å². The summed E-state index contributed by atoms with van der Waals surface area (Å²) >= 11 is 5.97. The Hall–Kier alpha value is -4.48. The molecule has 1 fully saturated rings. The SMILES string of the molecule is COC(=O)C1=C(C(=O)OC)N(c2cc3c(Nc4ccc(F)c(Cl)c4)ncnc3cc2OC2CCOC2)C=CC=C1. The Labute approximate surface area is 233 Å². The standard InChI is InChI=1S/C28H24ClFN4O6/c1-37-27(35)18-5-3-4-9-34(25(18)28(36)38-2)23-12-19-22(13-24(23)40-17-8-10-39-14-17)31-15-32-26(19)33-16-6-7-21(30)20(29)11-16/h3-7,9,11-13,15,17H,8,10,14H2,1-2H3,(H,31,32,33). The summed E-state index contributed by atoms with van der Waals surface area (Å²) in [6.07, 6.45) is 8.15. The lowest BCUT2D eigenvalue weighted by atomic mass is 10.1. The molecule has 1 N–H and O–H groups in total. The highest BCUT2D eigenvalue weighted by molar-refractivity contribution is 6.31. The van der Waals surface area contributed by atoms with Crippen LogP contribution in [0.1, 0.15) is 6.42 Å². The molecule has 1 unspecified atom stereocenters. The number of nitrogens with zero attached hydrogens (tertiary/aromatic N) is 3. The van der Waals surface area contributed by atoms with Crippen molar-refractivity contribution in [3.63, 3.8) is 0 Å². The number of aromatic nitrogens is 2. The van der Waals surface area contributed by atoms with Gasteiger partial charge in [-0.05, 0) is 36.4 Å². The van der Waals surface area contributed by atoms with E-state index in [4.69, 9.17) is 30.5 Å². The predicted molar refractivity (Wildman–Crippen MR) is 146 cm³/mol. The maximum atomic E-state index is 13.7. The number of ether oxygens (including phenoxy) is 4. The largest absolute Gasteiger partial charge is 0.486 e. The first-order valence-electron chi connectivity index (χ1n) is 12.2. The Balaban J connectivity index is 1.70. The molecule has 0 bridgehead atoms. The summed E-state index contributed by atoms with van der Waals surface area (Å²) in [5, 5.41) is 3.63. The molecule has 3 heterocycles. The van der Waals surface area contributed by atoms with E-state index >= 15 is 0 Å². The predicted octanol–water partition coefficient (Wildman–Crippen LogP) is 4.82. The Morgan fingerprint density at radius 3 is 2.67 bits per heavy atom. The number of carbonyl (C=O) groups is 2. The second kappa shape index (κ2) is 11.7. The summed E-state index contributed by atoms with van der Waals surface area (Å²) < 4.78 is 35.5. The molecule has 40 heavy (non-hydrogen) atoms. The fourth-order valence-electron chi connectivity index (χ4n) is 4.30. The average molecular weight is 567 g/mol. The van der Waals surface area contributed by atoms with Gasteiger partial charge >= 0.3 is 11.9 Å². The van der Waals surface area contributed by atoms with Crippen LogP contribution in [0.5, 0.6) is 5.75 Å². The third-order valence-electron chi connectivity index (χ3n) is 6.23. The number of fused-ring (bicyclic) bond motifs is 1. The van der Waals surface area contributed by atoms with E-state index in [9.17, 15) is 14.0 Å². The van der Waals surface area contributed by atoms with Gasteiger partial charge in [-0.2, -0.15) is 0 Å². The molecule has 0 saturated carbocycles. The van der Waals surface area contributed by atoms with Gasteiger partial charge in [-0.1, -0.05) is 17.7 Å². The van der Waals surface area contributed by atoms with Crippen LogP contribution >= 0.6 is 11.6 Å². The Bertz CT molecular complexity index is 1570. The summed E-state index contributed by atoms with van der Waals surface area (Å²) in [6.45, 7) is 0.946. The van der Waals surface area contributed by atoms with Crippen molar-refractivity contribution >= 4 is 51.6 Å². The van der Waals surface area contributed by atoms with Crippen molar-refractivity contribution in [2.24, 2.45) is 0 Å². The molecule has 1 saturated heterocycles. The molecular formula is C28H24ClFN4O6. The fraction of sp³-hybridized carbons (Fsp3) is 0.214. The van der Waals surface area contributed by atoms with E-state index in [1.54, 1.807) is 30.5 Å². The van der Waals surface area contributed by atoms with E-state index in [1.165, 1.54) is 49.7 Å². The third kappa shape index (κ3) is 5.47. The zero-order valence-electron chi connectivity index (χ0n) is 21.5. The van der Waals surface area contributed by atoms with Gasteiger partial charge in [0.25, 0.3) is 0 Å². The minimum absolute atomic E-state index is 0.0155. The lowest BCUT2D eigenvalue weighted by Gasteiger charge is -2.27. The van der Waals surface area contributed by atoms with Gasteiger partial charge in [0.15, 0.2) is 0 Å². The number of hydrogen-bond acceptors (Lipinski definition) is 10. The Kier molecular flexibility index (Phi) is 7.94. The summed E-state index contributed by atoms with van der Waals surface area (Å²) in [4.78, 5) is 36.1. The van der Waals surface area contributed by atoms with Crippen LogP contribution in [-0.4, -0.2) is 55.4 Å². The van der Waals surface area contributed by atoms with Crippen LogP contribution in [0.3, 0.4) is 0 Å². The van der Waals surface area contributed by atoms with Gasteiger partial charge in [0, 0.05) is 29.8 Å². The molecule has 1 aromatic heterocycles. The highest BCUT2D eigenvalue weighted by Crippen LogP contribution is 2.40. The summed E-state index contributed by atoms with van der Waals surface area (Å²) in [5.41, 5.74) is 1.33. The summed E-state index contributed by atoms with van der Waals surface area (Å²) in [7, 11) is 2.44. The maximum absolute atomic E-state index is 13.7. The second-order valence-electron chi connectivity index (χ2n) is 8.73. The first kappa shape index (κ1) is 27.1. The van der Waals surface area contributed by atoms with Crippen molar-refractivity contribution in [3.05, 3.63) is 83.2 Å². The van der Waals surface area contributed by atoms with Gasteiger partial charge in [-0.15, -0.1) is 0 Å². The normalized spacial score (nSPS) is 16.7. The number of nitrogens with one attached hydrogen (secondary N) is 1. The van der Waals surface area contributed by atoms with Gasteiger partial charge in [0.05, 0.1) is 49.2 Å². The third-order valence-corrected chi connectivity index (χ3v) is 6.52. The number of rotatable bonds is 7. The Morgan fingerprint density at radius 1 is 1.12 bits per heavy atom. The number of carbonyl (C=O) groups excluding carboxylic acids is 2. The maximum Gasteiger partial charge on any atom is 0.355 e. The minimum Gasteiger partial charge on any atom is -0.486 e. The first-order valence-corrected chi connectivity index (χ1v) is 12.6. The number of anilines is 3. The highest BCUT2D eigenvalue weighted by atomic mass is 35.5. The van der Waals surface area contributed by atoms with Crippen LogP contribution in [-0.2, 0) is 23.8 Å². The molecule has 1 atom stereocenters. The van der Waals surface area contributed by atoms with Gasteiger partial charge in [-0.25, -0.2) is 23.9 Å². The second-order valence-corrected chi connectivity index (χ2v) is 9.14. The van der Waals surface area contributed by atoms with Crippen molar-refractivity contribution in [1.82, 2.24) is 9.97 Å². The van der Waals surface area contributed by atoms with Crippen LogP contribution in [0.2, 0.25) is 5.02 Å². The molecule has 3 aromatic rings. The Morgan fingerprint density at radius 2 is 1.95 bits per heavy atom. The van der Waals surface area contributed by atoms with Gasteiger partial charge in [-0.3, -0.25) is 0 Å². The van der Waals surface area contributed by atoms with Crippen molar-refractivity contribution < 1.29 is 32.9 Å². The monoisotopic (exact) mass is 566 g/mol. The number of benzene rings is 2. The number of allylic oxidation sites excluding steroid dienone is 2. The van der Waals surface area contributed by atoms with E-state index in [-0.39, 0.29) is 22.4 Å². The van der Waals surface area contributed by atoms with E-state index < -0.39 is 17.8 Å². The molecule has 2 aliphatic heterocycles. The summed E-state index contributed by atoms with van der Waals surface area (Å²) in [5.74, 6) is -1.27. The van der Waals surface area contributed by atoms with E-state index in [0.717, 1.165) is 0 Å². The fourth-order valence-corrected chi connectivity index (χ4v) is 4.48. The van der Waals surface area contributed by atoms with Crippen LogP contribution in [0.15, 0.2) is 72.4 Å². The van der Waals surface area contributed by atoms with E-state index in [1.807, 2.05) is 0 Å². The highest BCUT2D eigenvalue weighted by Gasteiger charge is 2.30.